The first-order chi connectivity index (χ1) is 9.23. The van der Waals surface area contributed by atoms with Gasteiger partial charge in [-0.1, -0.05) is 6.92 Å². The average molecular weight is 303 g/mol. The van der Waals surface area contributed by atoms with Crippen LogP contribution in [0.1, 0.15) is 6.92 Å². The van der Waals surface area contributed by atoms with E-state index < -0.39 is 31.3 Å². The lowest BCUT2D eigenvalue weighted by Gasteiger charge is -2.16. The molecule has 9 heteroatoms. The molecule has 1 fully saturated rings. The molecule has 0 aromatic heterocycles. The fourth-order valence-electron chi connectivity index (χ4n) is 2.08. The highest BCUT2D eigenvalue weighted by molar-refractivity contribution is 7.89. The van der Waals surface area contributed by atoms with E-state index in [1.165, 1.54) is 0 Å². The van der Waals surface area contributed by atoms with Gasteiger partial charge in [-0.3, -0.25) is 10.1 Å². The van der Waals surface area contributed by atoms with Crippen LogP contribution in [0.5, 0.6) is 0 Å². The Kier molecular flexibility index (Phi) is 3.76. The molecule has 20 heavy (non-hydrogen) atoms. The zero-order valence-electron chi connectivity index (χ0n) is 10.7. The van der Waals surface area contributed by atoms with Crippen molar-refractivity contribution in [1.29, 1.82) is 0 Å². The summed E-state index contributed by atoms with van der Waals surface area (Å²) < 4.78 is 39.4. The number of nitro groups is 1. The number of nitrogens with two attached hydrogens (primary N) is 1. The lowest BCUT2D eigenvalue weighted by Crippen LogP contribution is -2.32. The Labute approximate surface area is 115 Å². The number of hydrogen-bond donors (Lipinski definition) is 1. The van der Waals surface area contributed by atoms with Crippen molar-refractivity contribution in [2.75, 3.05) is 13.1 Å². The van der Waals surface area contributed by atoms with Gasteiger partial charge in [0.15, 0.2) is 0 Å². The fourth-order valence-corrected chi connectivity index (χ4v) is 3.75. The van der Waals surface area contributed by atoms with Gasteiger partial charge in [0.1, 0.15) is 10.7 Å². The van der Waals surface area contributed by atoms with Crippen molar-refractivity contribution in [2.24, 2.45) is 11.7 Å². The molecule has 0 bridgehead atoms. The van der Waals surface area contributed by atoms with Crippen molar-refractivity contribution < 1.29 is 17.7 Å². The van der Waals surface area contributed by atoms with Crippen molar-refractivity contribution in [2.45, 2.75) is 17.9 Å². The topological polar surface area (TPSA) is 107 Å². The van der Waals surface area contributed by atoms with Crippen LogP contribution in [0, 0.1) is 21.8 Å². The molecule has 1 aliphatic rings. The summed E-state index contributed by atoms with van der Waals surface area (Å²) >= 11 is 0. The molecule has 2 N–H and O–H groups in total. The molecule has 0 amide bonds. The molecule has 2 rings (SSSR count). The highest BCUT2D eigenvalue weighted by Gasteiger charge is 2.37. The van der Waals surface area contributed by atoms with Gasteiger partial charge < -0.3 is 5.73 Å². The third kappa shape index (κ3) is 2.51. The van der Waals surface area contributed by atoms with Crippen LogP contribution in [-0.2, 0) is 10.0 Å². The number of nitro benzene ring substituents is 1. The Morgan fingerprint density at radius 1 is 1.45 bits per heavy atom. The van der Waals surface area contributed by atoms with E-state index in [0.29, 0.717) is 0 Å². The number of nitrogens with zero attached hydrogens (tertiary/aromatic N) is 2. The molecule has 1 saturated heterocycles. The second-order valence-corrected chi connectivity index (χ2v) is 6.74. The number of non-ortho nitro benzene ring substituents is 1. The maximum absolute atomic E-state index is 13.7. The first-order valence-electron chi connectivity index (χ1n) is 5.93. The lowest BCUT2D eigenvalue weighted by molar-refractivity contribution is -0.385. The Hall–Kier alpha value is -1.58. The molecule has 0 aliphatic carbocycles. The predicted octanol–water partition coefficient (Wildman–Crippen LogP) is 0.702. The average Bonchev–Trinajstić information content (AvgIpc) is 2.70. The molecule has 2 atom stereocenters. The minimum atomic E-state index is -4.12. The summed E-state index contributed by atoms with van der Waals surface area (Å²) in [6.45, 7) is 2.04. The van der Waals surface area contributed by atoms with Crippen LogP contribution in [0.15, 0.2) is 23.1 Å². The maximum atomic E-state index is 13.7. The largest absolute Gasteiger partial charge is 0.326 e. The summed E-state index contributed by atoms with van der Waals surface area (Å²) in [4.78, 5) is 9.22. The number of halogens is 1. The molecule has 1 aromatic rings. The number of rotatable bonds is 3. The van der Waals surface area contributed by atoms with Crippen LogP contribution in [0.25, 0.3) is 0 Å². The summed E-state index contributed by atoms with van der Waals surface area (Å²) in [6, 6.07) is 2.11. The van der Waals surface area contributed by atoms with E-state index in [1.54, 1.807) is 6.92 Å². The summed E-state index contributed by atoms with van der Waals surface area (Å²) in [5.74, 6) is -1.06. The smallest absolute Gasteiger partial charge is 0.270 e. The van der Waals surface area contributed by atoms with Crippen LogP contribution in [0.4, 0.5) is 10.1 Å². The fraction of sp³-hybridized carbons (Fsp3) is 0.455. The summed E-state index contributed by atoms with van der Waals surface area (Å²) in [7, 11) is -4.12. The molecule has 0 saturated carbocycles. The number of hydrogen-bond acceptors (Lipinski definition) is 5. The van der Waals surface area contributed by atoms with Gasteiger partial charge in [-0.15, -0.1) is 0 Å². The lowest BCUT2D eigenvalue weighted by atomic mass is 10.1. The Morgan fingerprint density at radius 3 is 2.60 bits per heavy atom. The van der Waals surface area contributed by atoms with Crippen LogP contribution >= 0.6 is 0 Å². The molecule has 0 radical (unpaired) electrons. The minimum absolute atomic E-state index is 0.0495. The normalized spacial score (nSPS) is 23.9. The van der Waals surface area contributed by atoms with Crippen LogP contribution in [-0.4, -0.2) is 36.8 Å². The summed E-state index contributed by atoms with van der Waals surface area (Å²) in [5.41, 5.74) is 5.28. The first kappa shape index (κ1) is 14.8. The molecule has 1 heterocycles. The van der Waals surface area contributed by atoms with Crippen molar-refractivity contribution in [3.05, 3.63) is 34.1 Å². The molecule has 1 aliphatic heterocycles. The third-order valence-corrected chi connectivity index (χ3v) is 5.23. The van der Waals surface area contributed by atoms with Gasteiger partial charge in [0, 0.05) is 31.3 Å². The van der Waals surface area contributed by atoms with E-state index in [2.05, 4.69) is 0 Å². The Balaban J connectivity index is 2.44. The van der Waals surface area contributed by atoms with E-state index in [9.17, 15) is 22.9 Å². The monoisotopic (exact) mass is 303 g/mol. The molecule has 0 spiro atoms. The summed E-state index contributed by atoms with van der Waals surface area (Å²) in [5, 5.41) is 10.7. The van der Waals surface area contributed by atoms with Gasteiger partial charge in [-0.25, -0.2) is 12.8 Å². The first-order valence-corrected chi connectivity index (χ1v) is 7.37. The maximum Gasteiger partial charge on any atom is 0.270 e. The van der Waals surface area contributed by atoms with Crippen molar-refractivity contribution in [1.82, 2.24) is 4.31 Å². The van der Waals surface area contributed by atoms with Gasteiger partial charge in [0.2, 0.25) is 10.0 Å². The van der Waals surface area contributed by atoms with Gasteiger partial charge in [-0.05, 0) is 12.0 Å². The zero-order valence-corrected chi connectivity index (χ0v) is 11.5. The van der Waals surface area contributed by atoms with E-state index >= 15 is 0 Å². The minimum Gasteiger partial charge on any atom is -0.326 e. The highest BCUT2D eigenvalue weighted by atomic mass is 32.2. The Morgan fingerprint density at radius 2 is 2.10 bits per heavy atom. The van der Waals surface area contributed by atoms with E-state index in [1.807, 2.05) is 0 Å². The molecule has 2 unspecified atom stereocenters. The molecular weight excluding hydrogens is 289 g/mol. The van der Waals surface area contributed by atoms with E-state index in [0.717, 1.165) is 22.5 Å². The summed E-state index contributed by atoms with van der Waals surface area (Å²) in [6.07, 6.45) is 0. The molecule has 110 valence electrons. The molecule has 1 aromatic carbocycles. The molecule has 7 nitrogen and oxygen atoms in total. The standard InChI is InChI=1S/C11H14FN3O4S/c1-7-5-14(6-10(7)13)20(18,19)11-4-8(15(16)17)2-3-9(11)12/h2-4,7,10H,5-6,13H2,1H3. The van der Waals surface area contributed by atoms with E-state index in [4.69, 9.17) is 5.73 Å². The van der Waals surface area contributed by atoms with Crippen LogP contribution in [0.2, 0.25) is 0 Å². The van der Waals surface area contributed by atoms with Gasteiger partial charge in [0.25, 0.3) is 5.69 Å². The number of sulfonamides is 1. The van der Waals surface area contributed by atoms with Crippen LogP contribution in [0.3, 0.4) is 0 Å². The number of benzene rings is 1. The third-order valence-electron chi connectivity index (χ3n) is 3.38. The van der Waals surface area contributed by atoms with Gasteiger partial charge >= 0.3 is 0 Å². The zero-order chi connectivity index (χ0) is 15.1. The highest BCUT2D eigenvalue weighted by Crippen LogP contribution is 2.27. The second kappa shape index (κ2) is 5.08. The molecular formula is C11H14FN3O4S. The quantitative estimate of drug-likeness (QED) is 0.653. The van der Waals surface area contributed by atoms with Crippen molar-refractivity contribution >= 4 is 15.7 Å². The van der Waals surface area contributed by atoms with Gasteiger partial charge in [-0.2, -0.15) is 4.31 Å². The second-order valence-electron chi connectivity index (χ2n) is 4.83. The van der Waals surface area contributed by atoms with Gasteiger partial charge in [0.05, 0.1) is 4.92 Å². The SMILES string of the molecule is CC1CN(S(=O)(=O)c2cc([N+](=O)[O-])ccc2F)CC1N. The predicted molar refractivity (Wildman–Crippen MR) is 69.0 cm³/mol. The van der Waals surface area contributed by atoms with E-state index in [-0.39, 0.29) is 25.0 Å². The van der Waals surface area contributed by atoms with Crippen molar-refractivity contribution in [3.63, 3.8) is 0 Å². The Bertz CT molecular complexity index is 639. The van der Waals surface area contributed by atoms with Crippen LogP contribution < -0.4 is 5.73 Å². The van der Waals surface area contributed by atoms with Crippen molar-refractivity contribution in [3.8, 4) is 0 Å².